The van der Waals surface area contributed by atoms with E-state index in [9.17, 15) is 14.7 Å². The number of aromatic nitrogens is 1. The summed E-state index contributed by atoms with van der Waals surface area (Å²) in [5, 5.41) is 12.9. The number of rotatable bonds is 1. The Morgan fingerprint density at radius 2 is 1.66 bits per heavy atom. The van der Waals surface area contributed by atoms with Crippen molar-refractivity contribution < 1.29 is 9.90 Å². The standard InChI is InChI=1S/C26H22N2O3S/c29-20-11-14-27-23(24(20)30)25(31)26(12-5-6-13-26)16-28(27)22-18-8-2-1-7-17(18)15-32-21-10-4-3-9-19(21)22/h1-11,14,22,30H,12-13,15-16H2. The maximum atomic E-state index is 13.6. The first kappa shape index (κ1) is 19.4. The van der Waals surface area contributed by atoms with Crippen molar-refractivity contribution in [1.82, 2.24) is 4.68 Å². The average molecular weight is 443 g/mol. The van der Waals surface area contributed by atoms with Gasteiger partial charge in [0.1, 0.15) is 0 Å². The van der Waals surface area contributed by atoms with Crippen LogP contribution in [0.25, 0.3) is 0 Å². The largest absolute Gasteiger partial charge is 0.503 e. The van der Waals surface area contributed by atoms with Gasteiger partial charge < -0.3 is 5.11 Å². The van der Waals surface area contributed by atoms with Gasteiger partial charge in [0, 0.05) is 29.5 Å². The molecule has 32 heavy (non-hydrogen) atoms. The first-order valence-electron chi connectivity index (χ1n) is 10.8. The number of benzene rings is 2. The molecule has 5 nitrogen and oxygen atoms in total. The van der Waals surface area contributed by atoms with Crippen molar-refractivity contribution >= 4 is 17.5 Å². The summed E-state index contributed by atoms with van der Waals surface area (Å²) in [7, 11) is 0. The Hall–Kier alpha value is -3.25. The van der Waals surface area contributed by atoms with Crippen LogP contribution in [-0.4, -0.2) is 22.1 Å². The summed E-state index contributed by atoms with van der Waals surface area (Å²) in [5.74, 6) is 0.252. The Bertz CT molecular complexity index is 1290. The molecular weight excluding hydrogens is 420 g/mol. The average Bonchev–Trinajstić information content (AvgIpc) is 3.22. The van der Waals surface area contributed by atoms with E-state index in [-0.39, 0.29) is 17.5 Å². The Kier molecular flexibility index (Phi) is 4.33. The molecule has 3 aliphatic rings. The highest BCUT2D eigenvalue weighted by Gasteiger charge is 2.49. The van der Waals surface area contributed by atoms with Crippen molar-refractivity contribution in [2.45, 2.75) is 29.5 Å². The fourth-order valence-electron chi connectivity index (χ4n) is 5.30. The Balaban J connectivity index is 1.64. The van der Waals surface area contributed by atoms with Crippen molar-refractivity contribution in [2.24, 2.45) is 5.41 Å². The molecule has 0 fully saturated rings. The molecule has 160 valence electrons. The van der Waals surface area contributed by atoms with Gasteiger partial charge in [-0.2, -0.15) is 0 Å². The first-order valence-corrected chi connectivity index (χ1v) is 11.8. The maximum Gasteiger partial charge on any atom is 0.224 e. The number of aromatic hydroxyl groups is 1. The van der Waals surface area contributed by atoms with Crippen molar-refractivity contribution in [2.75, 3.05) is 11.6 Å². The normalized spacial score (nSPS) is 20.6. The zero-order valence-electron chi connectivity index (χ0n) is 17.4. The van der Waals surface area contributed by atoms with E-state index in [1.54, 1.807) is 10.9 Å². The third-order valence-corrected chi connectivity index (χ3v) is 8.06. The lowest BCUT2D eigenvalue weighted by molar-refractivity contribution is 0.0750. The third kappa shape index (κ3) is 2.72. The monoisotopic (exact) mass is 442 g/mol. The van der Waals surface area contributed by atoms with Gasteiger partial charge in [-0.15, -0.1) is 11.8 Å². The van der Waals surface area contributed by atoms with Crippen LogP contribution < -0.4 is 10.4 Å². The van der Waals surface area contributed by atoms with Gasteiger partial charge in [0.05, 0.1) is 11.5 Å². The molecule has 1 aliphatic carbocycles. The number of allylic oxidation sites excluding steroid dienone is 2. The molecule has 2 aliphatic heterocycles. The van der Waals surface area contributed by atoms with Gasteiger partial charge in [-0.25, -0.2) is 0 Å². The summed E-state index contributed by atoms with van der Waals surface area (Å²) in [4.78, 5) is 27.1. The number of pyridine rings is 1. The van der Waals surface area contributed by atoms with Crippen LogP contribution in [0.5, 0.6) is 5.75 Å². The highest BCUT2D eigenvalue weighted by atomic mass is 32.2. The van der Waals surface area contributed by atoms with Crippen LogP contribution in [0.2, 0.25) is 0 Å². The van der Waals surface area contributed by atoms with Gasteiger partial charge in [0.2, 0.25) is 5.43 Å². The van der Waals surface area contributed by atoms with Gasteiger partial charge >= 0.3 is 0 Å². The maximum absolute atomic E-state index is 13.6. The zero-order valence-corrected chi connectivity index (χ0v) is 18.2. The molecule has 3 heterocycles. The minimum Gasteiger partial charge on any atom is -0.503 e. The van der Waals surface area contributed by atoms with Crippen molar-refractivity contribution in [3.63, 3.8) is 0 Å². The van der Waals surface area contributed by atoms with Gasteiger partial charge in [0.25, 0.3) is 0 Å². The van der Waals surface area contributed by atoms with Crippen LogP contribution >= 0.6 is 11.8 Å². The van der Waals surface area contributed by atoms with Crippen LogP contribution in [0.4, 0.5) is 0 Å². The van der Waals surface area contributed by atoms with Crippen LogP contribution in [0, 0.1) is 5.41 Å². The number of carbonyl (C=O) groups excluding carboxylic acids is 1. The number of hydrogen-bond acceptors (Lipinski definition) is 5. The molecule has 0 saturated heterocycles. The molecule has 1 aromatic heterocycles. The van der Waals surface area contributed by atoms with E-state index in [0.717, 1.165) is 5.75 Å². The van der Waals surface area contributed by atoms with Gasteiger partial charge in [-0.1, -0.05) is 54.6 Å². The van der Waals surface area contributed by atoms with E-state index >= 15 is 0 Å². The summed E-state index contributed by atoms with van der Waals surface area (Å²) >= 11 is 1.82. The van der Waals surface area contributed by atoms with Crippen molar-refractivity contribution in [1.29, 1.82) is 0 Å². The number of carbonyl (C=O) groups is 1. The molecule has 0 radical (unpaired) electrons. The first-order chi connectivity index (χ1) is 15.6. The number of fused-ring (bicyclic) bond motifs is 3. The Morgan fingerprint density at radius 1 is 0.938 bits per heavy atom. The fraction of sp³-hybridized carbons (Fsp3) is 0.231. The second-order valence-electron chi connectivity index (χ2n) is 8.74. The minimum absolute atomic E-state index is 0.0966. The van der Waals surface area contributed by atoms with Crippen molar-refractivity contribution in [3.8, 4) is 5.75 Å². The molecule has 1 atom stereocenters. The van der Waals surface area contributed by atoms with Crippen molar-refractivity contribution in [3.05, 3.63) is 106 Å². The number of nitrogens with zero attached hydrogens (tertiary/aromatic N) is 2. The predicted octanol–water partition coefficient (Wildman–Crippen LogP) is 4.42. The smallest absolute Gasteiger partial charge is 0.224 e. The molecule has 1 N–H and O–H groups in total. The zero-order chi connectivity index (χ0) is 21.9. The molecule has 6 rings (SSSR count). The molecular formula is C26H22N2O3S. The Labute approximate surface area is 190 Å². The van der Waals surface area contributed by atoms with E-state index in [4.69, 9.17) is 0 Å². The molecule has 2 aromatic carbocycles. The second kappa shape index (κ2) is 7.14. The van der Waals surface area contributed by atoms with E-state index in [1.807, 2.05) is 30.0 Å². The van der Waals surface area contributed by atoms with E-state index in [0.29, 0.717) is 19.4 Å². The molecule has 1 unspecified atom stereocenters. The van der Waals surface area contributed by atoms with E-state index in [2.05, 4.69) is 47.5 Å². The molecule has 6 heteroatoms. The van der Waals surface area contributed by atoms with Crippen LogP contribution in [0.3, 0.4) is 0 Å². The Morgan fingerprint density at radius 3 is 2.47 bits per heavy atom. The van der Waals surface area contributed by atoms with Gasteiger partial charge in [-0.05, 0) is 35.6 Å². The molecule has 3 aromatic rings. The third-order valence-electron chi connectivity index (χ3n) is 6.92. The number of hydrogen-bond donors (Lipinski definition) is 1. The summed E-state index contributed by atoms with van der Waals surface area (Å²) in [6.07, 6.45) is 6.92. The predicted molar refractivity (Wildman–Crippen MR) is 125 cm³/mol. The van der Waals surface area contributed by atoms with Crippen LogP contribution in [-0.2, 0) is 5.75 Å². The number of ketones is 1. The number of Topliss-reactive ketones (excluding diaryl/α,β-unsaturated/α-hetero) is 1. The summed E-state index contributed by atoms with van der Waals surface area (Å²) in [5.41, 5.74) is 2.51. The lowest BCUT2D eigenvalue weighted by atomic mass is 9.77. The molecule has 0 saturated carbocycles. The summed E-state index contributed by atoms with van der Waals surface area (Å²) < 4.78 is 1.72. The molecule has 0 amide bonds. The van der Waals surface area contributed by atoms with Crippen LogP contribution in [0.15, 0.2) is 82.6 Å². The van der Waals surface area contributed by atoms with E-state index in [1.165, 1.54) is 27.7 Å². The fourth-order valence-corrected chi connectivity index (χ4v) is 6.39. The second-order valence-corrected chi connectivity index (χ2v) is 9.75. The van der Waals surface area contributed by atoms with E-state index < -0.39 is 16.6 Å². The summed E-state index contributed by atoms with van der Waals surface area (Å²) in [6.45, 7) is 0.506. The highest BCUT2D eigenvalue weighted by molar-refractivity contribution is 7.98. The molecule has 0 bridgehead atoms. The number of thioether (sulfide) groups is 1. The SMILES string of the molecule is O=C1c2c(O)c(=O)ccn2N(C2c3ccccc3CSc3ccccc32)CC12CC=CC2. The lowest BCUT2D eigenvalue weighted by Crippen LogP contribution is -2.55. The lowest BCUT2D eigenvalue weighted by Gasteiger charge is -2.46. The summed E-state index contributed by atoms with van der Waals surface area (Å²) in [6, 6.07) is 18.0. The quantitative estimate of drug-likeness (QED) is 0.566. The highest BCUT2D eigenvalue weighted by Crippen LogP contribution is 2.47. The van der Waals surface area contributed by atoms with Gasteiger partial charge in [-0.3, -0.25) is 19.3 Å². The minimum atomic E-state index is -0.672. The topological polar surface area (TPSA) is 62.5 Å². The van der Waals surface area contributed by atoms with Gasteiger partial charge in [0.15, 0.2) is 17.2 Å². The molecule has 1 spiro atoms. The van der Waals surface area contributed by atoms with Crippen LogP contribution in [0.1, 0.15) is 46.1 Å².